The van der Waals surface area contributed by atoms with E-state index in [-0.39, 0.29) is 5.91 Å². The molecule has 2 heterocycles. The first kappa shape index (κ1) is 19.6. The molecule has 0 spiro atoms. The Hall–Kier alpha value is -2.20. The Bertz CT molecular complexity index is 710. The summed E-state index contributed by atoms with van der Waals surface area (Å²) in [6, 6.07) is 14.9. The topological polar surface area (TPSA) is 36.4 Å². The Morgan fingerprint density at radius 3 is 2.56 bits per heavy atom. The highest BCUT2D eigenvalue weighted by Crippen LogP contribution is 2.26. The van der Waals surface area contributed by atoms with Crippen LogP contribution in [0.1, 0.15) is 49.4 Å². The fourth-order valence-corrected chi connectivity index (χ4v) is 3.92. The van der Waals surface area contributed by atoms with Gasteiger partial charge in [0, 0.05) is 37.4 Å². The molecule has 1 aliphatic rings. The number of carbonyl (C=O) groups excluding carboxylic acids is 1. The van der Waals surface area contributed by atoms with Crippen LogP contribution in [-0.4, -0.2) is 53.4 Å². The van der Waals surface area contributed by atoms with E-state index in [2.05, 4.69) is 41.3 Å². The molecule has 1 aromatic carbocycles. The average molecular weight is 366 g/mol. The Kier molecular flexibility index (Phi) is 6.99. The summed E-state index contributed by atoms with van der Waals surface area (Å²) in [5.74, 6) is 0.667. The van der Waals surface area contributed by atoms with E-state index in [1.807, 2.05) is 31.0 Å². The molecule has 1 fully saturated rings. The molecule has 1 amide bonds. The van der Waals surface area contributed by atoms with E-state index in [1.165, 1.54) is 11.1 Å². The number of rotatable bonds is 7. The lowest BCUT2D eigenvalue weighted by Crippen LogP contribution is -2.43. The van der Waals surface area contributed by atoms with E-state index in [0.717, 1.165) is 51.1 Å². The van der Waals surface area contributed by atoms with Crippen LogP contribution in [-0.2, 0) is 11.2 Å². The third-order valence-corrected chi connectivity index (χ3v) is 5.50. The number of amides is 1. The van der Waals surface area contributed by atoms with Crippen molar-refractivity contribution >= 4 is 5.91 Å². The van der Waals surface area contributed by atoms with Gasteiger partial charge in [0.15, 0.2) is 0 Å². The number of pyridine rings is 1. The van der Waals surface area contributed by atoms with Gasteiger partial charge in [0.2, 0.25) is 5.91 Å². The Labute approximate surface area is 163 Å². The van der Waals surface area contributed by atoms with Crippen LogP contribution in [0.2, 0.25) is 0 Å². The molecule has 2 aromatic rings. The van der Waals surface area contributed by atoms with Gasteiger partial charge < -0.3 is 4.90 Å². The third-order valence-electron chi connectivity index (χ3n) is 5.50. The van der Waals surface area contributed by atoms with Gasteiger partial charge in [0.1, 0.15) is 0 Å². The summed E-state index contributed by atoms with van der Waals surface area (Å²) in [5.41, 5.74) is 3.71. The van der Waals surface area contributed by atoms with E-state index in [9.17, 15) is 4.79 Å². The van der Waals surface area contributed by atoms with Crippen molar-refractivity contribution in [3.63, 3.8) is 0 Å². The van der Waals surface area contributed by atoms with Gasteiger partial charge in [-0.25, -0.2) is 0 Å². The van der Waals surface area contributed by atoms with Crippen molar-refractivity contribution in [3.05, 3.63) is 65.5 Å². The first-order valence-electron chi connectivity index (χ1n) is 10.2. The fraction of sp³-hybridized carbons (Fsp3) is 0.478. The average Bonchev–Trinajstić information content (AvgIpc) is 2.70. The van der Waals surface area contributed by atoms with Crippen LogP contribution in [0, 0.1) is 0 Å². The normalized spacial score (nSPS) is 17.6. The second-order valence-corrected chi connectivity index (χ2v) is 7.39. The Balaban J connectivity index is 1.58. The monoisotopic (exact) mass is 365 g/mol. The number of nitrogens with zero attached hydrogens (tertiary/aromatic N) is 3. The maximum absolute atomic E-state index is 12.4. The number of likely N-dealkylation sites (tertiary alicyclic amines) is 1. The molecule has 0 bridgehead atoms. The molecule has 0 N–H and O–H groups in total. The molecule has 1 aliphatic heterocycles. The molecule has 27 heavy (non-hydrogen) atoms. The Morgan fingerprint density at radius 1 is 1.11 bits per heavy atom. The van der Waals surface area contributed by atoms with Crippen LogP contribution in [0.4, 0.5) is 0 Å². The maximum atomic E-state index is 12.4. The van der Waals surface area contributed by atoms with Crippen molar-refractivity contribution in [3.8, 4) is 0 Å². The molecule has 144 valence electrons. The van der Waals surface area contributed by atoms with Crippen LogP contribution >= 0.6 is 0 Å². The van der Waals surface area contributed by atoms with Crippen molar-refractivity contribution < 1.29 is 4.79 Å². The fourth-order valence-electron chi connectivity index (χ4n) is 3.92. The van der Waals surface area contributed by atoms with Gasteiger partial charge in [-0.05, 0) is 56.8 Å². The molecular weight excluding hydrogens is 334 g/mol. The zero-order valence-electron chi connectivity index (χ0n) is 16.6. The molecule has 4 heteroatoms. The number of piperidine rings is 1. The molecule has 4 nitrogen and oxygen atoms in total. The van der Waals surface area contributed by atoms with Gasteiger partial charge in [0.05, 0.1) is 6.54 Å². The summed E-state index contributed by atoms with van der Waals surface area (Å²) in [7, 11) is 0. The number of carbonyl (C=O) groups is 1. The van der Waals surface area contributed by atoms with Crippen molar-refractivity contribution in [2.24, 2.45) is 0 Å². The first-order chi connectivity index (χ1) is 13.2. The van der Waals surface area contributed by atoms with Gasteiger partial charge in [-0.2, -0.15) is 0 Å². The highest BCUT2D eigenvalue weighted by Gasteiger charge is 2.24. The van der Waals surface area contributed by atoms with E-state index in [1.54, 1.807) is 0 Å². The van der Waals surface area contributed by atoms with Crippen LogP contribution in [0.25, 0.3) is 0 Å². The molecule has 0 saturated carbocycles. The van der Waals surface area contributed by atoms with Crippen molar-refractivity contribution in [2.75, 3.05) is 32.7 Å². The smallest absolute Gasteiger partial charge is 0.236 e. The predicted molar refractivity (Wildman–Crippen MR) is 110 cm³/mol. The van der Waals surface area contributed by atoms with Crippen LogP contribution in [0.5, 0.6) is 0 Å². The van der Waals surface area contributed by atoms with Crippen LogP contribution in [0.3, 0.4) is 0 Å². The zero-order valence-corrected chi connectivity index (χ0v) is 16.6. The Morgan fingerprint density at radius 2 is 1.89 bits per heavy atom. The van der Waals surface area contributed by atoms with E-state index >= 15 is 0 Å². The summed E-state index contributed by atoms with van der Waals surface area (Å²) in [5, 5.41) is 0. The SMILES string of the molecule is CCN(CC)C(=O)CN1CCCC(c2ccc(Cc3ccccc3)cn2)C1. The molecule has 1 saturated heterocycles. The van der Waals surface area contributed by atoms with Crippen molar-refractivity contribution in [1.29, 1.82) is 0 Å². The van der Waals surface area contributed by atoms with Gasteiger partial charge in [-0.15, -0.1) is 0 Å². The predicted octanol–water partition coefficient (Wildman–Crippen LogP) is 3.72. The van der Waals surface area contributed by atoms with Gasteiger partial charge >= 0.3 is 0 Å². The second kappa shape index (κ2) is 9.65. The lowest BCUT2D eigenvalue weighted by atomic mass is 9.93. The summed E-state index contributed by atoms with van der Waals surface area (Å²) >= 11 is 0. The van der Waals surface area contributed by atoms with E-state index in [4.69, 9.17) is 4.98 Å². The highest BCUT2D eigenvalue weighted by atomic mass is 16.2. The lowest BCUT2D eigenvalue weighted by Gasteiger charge is -2.33. The number of benzene rings is 1. The van der Waals surface area contributed by atoms with E-state index < -0.39 is 0 Å². The number of aromatic nitrogens is 1. The quantitative estimate of drug-likeness (QED) is 0.750. The summed E-state index contributed by atoms with van der Waals surface area (Å²) in [4.78, 5) is 21.4. The lowest BCUT2D eigenvalue weighted by molar-refractivity contribution is -0.132. The molecule has 1 unspecified atom stereocenters. The molecule has 0 aliphatic carbocycles. The number of likely N-dealkylation sites (N-methyl/N-ethyl adjacent to an activating group) is 1. The van der Waals surface area contributed by atoms with Gasteiger partial charge in [-0.1, -0.05) is 36.4 Å². The van der Waals surface area contributed by atoms with Gasteiger partial charge in [0.25, 0.3) is 0 Å². The minimum Gasteiger partial charge on any atom is -0.342 e. The molecule has 3 rings (SSSR count). The first-order valence-corrected chi connectivity index (χ1v) is 10.2. The summed E-state index contributed by atoms with van der Waals surface area (Å²) in [6.07, 6.45) is 5.22. The summed E-state index contributed by atoms with van der Waals surface area (Å²) in [6.45, 7) is 8.13. The minimum atomic E-state index is 0.242. The second-order valence-electron chi connectivity index (χ2n) is 7.39. The minimum absolute atomic E-state index is 0.242. The summed E-state index contributed by atoms with van der Waals surface area (Å²) < 4.78 is 0. The molecule has 1 atom stereocenters. The zero-order chi connectivity index (χ0) is 19.1. The van der Waals surface area contributed by atoms with E-state index in [0.29, 0.717) is 12.5 Å². The molecule has 0 radical (unpaired) electrons. The van der Waals surface area contributed by atoms with Crippen LogP contribution < -0.4 is 0 Å². The number of hydrogen-bond acceptors (Lipinski definition) is 3. The standard InChI is InChI=1S/C23H31N3O/c1-3-26(4-2)23(27)18-25-14-8-11-21(17-25)22-13-12-20(16-24-22)15-19-9-6-5-7-10-19/h5-7,9-10,12-13,16,21H,3-4,8,11,14-15,17-18H2,1-2H3. The molecular formula is C23H31N3O. The largest absolute Gasteiger partial charge is 0.342 e. The van der Waals surface area contributed by atoms with Crippen molar-refractivity contribution in [1.82, 2.24) is 14.8 Å². The number of hydrogen-bond donors (Lipinski definition) is 0. The van der Waals surface area contributed by atoms with Crippen LogP contribution in [0.15, 0.2) is 48.7 Å². The maximum Gasteiger partial charge on any atom is 0.236 e. The third kappa shape index (κ3) is 5.39. The van der Waals surface area contributed by atoms with Crippen molar-refractivity contribution in [2.45, 2.75) is 39.0 Å². The highest BCUT2D eigenvalue weighted by molar-refractivity contribution is 5.78. The molecule has 1 aromatic heterocycles. The van der Waals surface area contributed by atoms with Gasteiger partial charge in [-0.3, -0.25) is 14.7 Å².